The zero-order valence-electron chi connectivity index (χ0n) is 6.92. The lowest BCUT2D eigenvalue weighted by Gasteiger charge is -2.09. The summed E-state index contributed by atoms with van der Waals surface area (Å²) >= 11 is 1.54. The predicted molar refractivity (Wildman–Crippen MR) is 59.4 cm³/mol. The van der Waals surface area contributed by atoms with Crippen LogP contribution in [0, 0.1) is 3.57 Å². The van der Waals surface area contributed by atoms with Crippen LogP contribution in [0.4, 0.5) is 14.6 Å². The molecule has 0 saturated heterocycles. The second kappa shape index (κ2) is 4.34. The van der Waals surface area contributed by atoms with E-state index in [1.54, 1.807) is 0 Å². The number of alkyl halides is 2. The maximum atomic E-state index is 12.6. The molecular weight excluding hydrogens is 364 g/mol. The molecule has 1 aromatic heterocycles. The number of hydrogen-bond acceptors (Lipinski definition) is 4. The highest BCUT2D eigenvalue weighted by Crippen LogP contribution is 2.34. The average molecular weight is 369 g/mol. The van der Waals surface area contributed by atoms with Gasteiger partial charge in [-0.1, -0.05) is 0 Å². The minimum absolute atomic E-state index is 0.00368. The molecule has 0 fully saturated rings. The average Bonchev–Trinajstić information content (AvgIpc) is 2.05. The van der Waals surface area contributed by atoms with Crippen molar-refractivity contribution < 1.29 is 17.2 Å². The van der Waals surface area contributed by atoms with E-state index in [0.717, 1.165) is 6.20 Å². The number of halogens is 4. The van der Waals surface area contributed by atoms with E-state index >= 15 is 0 Å². The van der Waals surface area contributed by atoms with Crippen molar-refractivity contribution in [3.8, 4) is 0 Å². The predicted octanol–water partition coefficient (Wildman–Crippen LogP) is 2.13. The first-order chi connectivity index (χ1) is 6.75. The molecule has 0 amide bonds. The molecule has 0 aliphatic heterocycles. The van der Waals surface area contributed by atoms with Gasteiger partial charge in [0, 0.05) is 20.4 Å². The van der Waals surface area contributed by atoms with Gasteiger partial charge in [-0.15, -0.1) is 0 Å². The molecule has 0 saturated carbocycles. The number of nitrogens with zero attached hydrogens (tertiary/aromatic N) is 1. The van der Waals surface area contributed by atoms with Crippen LogP contribution in [0.1, 0.15) is 12.0 Å². The van der Waals surface area contributed by atoms with Crippen molar-refractivity contribution in [1.82, 2.24) is 4.98 Å². The molecule has 1 aromatic rings. The van der Waals surface area contributed by atoms with Gasteiger partial charge in [0.05, 0.1) is 5.56 Å². The molecule has 0 aromatic carbocycles. The minimum atomic E-state index is -4.33. The second-order valence-electron chi connectivity index (χ2n) is 2.47. The molecule has 1 rings (SSSR count). The van der Waals surface area contributed by atoms with Crippen molar-refractivity contribution >= 4 is 48.1 Å². The lowest BCUT2D eigenvalue weighted by atomic mass is 10.3. The topological polar surface area (TPSA) is 73.0 Å². The Labute approximate surface area is 102 Å². The van der Waals surface area contributed by atoms with Gasteiger partial charge < -0.3 is 5.73 Å². The molecule has 1 heterocycles. The number of nitrogen functional groups attached to an aromatic ring is 1. The van der Waals surface area contributed by atoms with Gasteiger partial charge >= 0.3 is 0 Å². The first-order valence-corrected chi connectivity index (χ1v) is 6.80. The van der Waals surface area contributed by atoms with Crippen LogP contribution in [-0.4, -0.2) is 13.4 Å². The van der Waals surface area contributed by atoms with Crippen molar-refractivity contribution in [2.24, 2.45) is 0 Å². The highest BCUT2D eigenvalue weighted by atomic mass is 127. The summed E-state index contributed by atoms with van der Waals surface area (Å²) in [5, 5.41) is 0. The smallest absolute Gasteiger partial charge is 0.266 e. The Morgan fingerprint density at radius 3 is 2.40 bits per heavy atom. The minimum Gasteiger partial charge on any atom is -0.383 e. The van der Waals surface area contributed by atoms with Crippen LogP contribution in [0.2, 0.25) is 0 Å². The largest absolute Gasteiger partial charge is 0.383 e. The standard InChI is InChI=1S/C6H4ClF2IN2O2S/c7-15(13,14)4-3(5(8)9)2(10)1-12-6(4)11/h1,5H,(H2,11,12). The maximum Gasteiger partial charge on any atom is 0.266 e. The van der Waals surface area contributed by atoms with E-state index in [-0.39, 0.29) is 3.57 Å². The maximum absolute atomic E-state index is 12.6. The van der Waals surface area contributed by atoms with E-state index in [1.165, 1.54) is 22.6 Å². The van der Waals surface area contributed by atoms with E-state index in [2.05, 4.69) is 4.98 Å². The monoisotopic (exact) mass is 368 g/mol. The van der Waals surface area contributed by atoms with Crippen molar-refractivity contribution in [2.75, 3.05) is 5.73 Å². The fraction of sp³-hybridized carbons (Fsp3) is 0.167. The van der Waals surface area contributed by atoms with Gasteiger partial charge in [0.1, 0.15) is 10.7 Å². The number of pyridine rings is 1. The summed E-state index contributed by atoms with van der Waals surface area (Å²) < 4.78 is 47.3. The zero-order valence-corrected chi connectivity index (χ0v) is 10.6. The number of anilines is 1. The summed E-state index contributed by atoms with van der Waals surface area (Å²) in [4.78, 5) is 2.65. The fourth-order valence-electron chi connectivity index (χ4n) is 0.960. The van der Waals surface area contributed by atoms with E-state index in [0.29, 0.717) is 0 Å². The van der Waals surface area contributed by atoms with E-state index < -0.39 is 31.8 Å². The molecule has 0 aliphatic carbocycles. The quantitative estimate of drug-likeness (QED) is 0.641. The highest BCUT2D eigenvalue weighted by Gasteiger charge is 2.27. The molecule has 0 bridgehead atoms. The van der Waals surface area contributed by atoms with Crippen LogP contribution >= 0.6 is 33.3 Å². The van der Waals surface area contributed by atoms with Gasteiger partial charge in [0.2, 0.25) is 0 Å². The molecule has 0 aliphatic rings. The van der Waals surface area contributed by atoms with Crippen LogP contribution in [0.15, 0.2) is 11.1 Å². The molecular formula is C6H4ClF2IN2O2S. The van der Waals surface area contributed by atoms with E-state index in [9.17, 15) is 17.2 Å². The Morgan fingerprint density at radius 2 is 2.07 bits per heavy atom. The van der Waals surface area contributed by atoms with Crippen molar-refractivity contribution in [3.05, 3.63) is 15.3 Å². The lowest BCUT2D eigenvalue weighted by Crippen LogP contribution is -2.08. The molecule has 0 unspecified atom stereocenters. The summed E-state index contributed by atoms with van der Waals surface area (Å²) in [6, 6.07) is 0. The Morgan fingerprint density at radius 1 is 1.53 bits per heavy atom. The van der Waals surface area contributed by atoms with Crippen molar-refractivity contribution in [2.45, 2.75) is 11.3 Å². The second-order valence-corrected chi connectivity index (χ2v) is 6.14. The number of rotatable bonds is 2. The zero-order chi connectivity index (χ0) is 11.8. The molecule has 84 valence electrons. The van der Waals surface area contributed by atoms with Crippen LogP contribution in [0.3, 0.4) is 0 Å². The Hall–Kier alpha value is -0.220. The number of hydrogen-bond donors (Lipinski definition) is 1. The third-order valence-electron chi connectivity index (χ3n) is 1.51. The van der Waals surface area contributed by atoms with Crippen molar-refractivity contribution in [1.29, 1.82) is 0 Å². The Bertz CT molecular complexity index is 494. The van der Waals surface area contributed by atoms with Gasteiger partial charge in [0.15, 0.2) is 0 Å². The first kappa shape index (κ1) is 12.8. The molecule has 2 N–H and O–H groups in total. The van der Waals surface area contributed by atoms with E-state index in [4.69, 9.17) is 16.4 Å². The van der Waals surface area contributed by atoms with Crippen LogP contribution < -0.4 is 5.73 Å². The normalized spacial score (nSPS) is 12.1. The van der Waals surface area contributed by atoms with Gasteiger partial charge in [0.25, 0.3) is 15.5 Å². The third kappa shape index (κ3) is 2.67. The summed E-state index contributed by atoms with van der Waals surface area (Å²) in [6.07, 6.45) is -1.92. The Kier molecular flexibility index (Phi) is 3.71. The fourth-order valence-corrected chi connectivity index (χ4v) is 3.04. The van der Waals surface area contributed by atoms with Crippen LogP contribution in [0.5, 0.6) is 0 Å². The highest BCUT2D eigenvalue weighted by molar-refractivity contribution is 14.1. The Balaban J connectivity index is 3.68. The van der Waals surface area contributed by atoms with E-state index in [1.807, 2.05) is 0 Å². The molecule has 0 atom stereocenters. The summed E-state index contributed by atoms with van der Waals surface area (Å²) in [5.41, 5.74) is 4.49. The molecule has 0 radical (unpaired) electrons. The van der Waals surface area contributed by atoms with Gasteiger partial charge in [-0.3, -0.25) is 0 Å². The van der Waals surface area contributed by atoms with Crippen LogP contribution in [0.25, 0.3) is 0 Å². The van der Waals surface area contributed by atoms with Gasteiger partial charge in [-0.05, 0) is 22.6 Å². The van der Waals surface area contributed by atoms with Gasteiger partial charge in [-0.25, -0.2) is 22.2 Å². The number of nitrogens with two attached hydrogens (primary N) is 1. The molecule has 0 spiro atoms. The molecule has 15 heavy (non-hydrogen) atoms. The van der Waals surface area contributed by atoms with Crippen LogP contribution in [-0.2, 0) is 9.05 Å². The third-order valence-corrected chi connectivity index (χ3v) is 3.75. The number of aromatic nitrogens is 1. The first-order valence-electron chi connectivity index (χ1n) is 3.42. The summed E-state index contributed by atoms with van der Waals surface area (Å²) in [5.74, 6) is -0.527. The van der Waals surface area contributed by atoms with Gasteiger partial charge in [-0.2, -0.15) is 0 Å². The van der Waals surface area contributed by atoms with Crippen molar-refractivity contribution in [3.63, 3.8) is 0 Å². The molecule has 9 heteroatoms. The molecule has 4 nitrogen and oxygen atoms in total. The lowest BCUT2D eigenvalue weighted by molar-refractivity contribution is 0.147. The summed E-state index contributed by atoms with van der Waals surface area (Å²) in [7, 11) is 0.669. The SMILES string of the molecule is Nc1ncc(I)c(C(F)F)c1S(=O)(=O)Cl. The summed E-state index contributed by atoms with van der Waals surface area (Å²) in [6.45, 7) is 0.